The zero-order valence-electron chi connectivity index (χ0n) is 17.5. The molecule has 2 N–H and O–H groups in total. The van der Waals surface area contributed by atoms with Crippen LogP contribution in [-0.4, -0.2) is 48.6 Å². The highest BCUT2D eigenvalue weighted by Crippen LogP contribution is 2.31. The number of fused-ring (bicyclic) bond motifs is 3. The molecule has 1 aliphatic rings. The standard InChI is InChI=1S/C23H27N3O4/c1-14-12-26(13-15(2)29-14)11-10-20(27)24-25-23(28)21-16(3)18-9-8-17-6-4-5-7-19(17)22(18)30-21/h4-9,14-15H,10-13H2,1-3H3,(H,24,27)(H,25,28)/t14-,15+. The summed E-state index contributed by atoms with van der Waals surface area (Å²) in [6, 6.07) is 11.8. The highest BCUT2D eigenvalue weighted by Gasteiger charge is 2.23. The molecule has 2 heterocycles. The summed E-state index contributed by atoms with van der Waals surface area (Å²) in [6.45, 7) is 8.13. The predicted molar refractivity (Wildman–Crippen MR) is 115 cm³/mol. The lowest BCUT2D eigenvalue weighted by molar-refractivity contribution is -0.123. The molecular formula is C23H27N3O4. The van der Waals surface area contributed by atoms with Gasteiger partial charge in [-0.3, -0.25) is 25.3 Å². The van der Waals surface area contributed by atoms with Crippen LogP contribution < -0.4 is 10.9 Å². The van der Waals surface area contributed by atoms with Crippen molar-refractivity contribution >= 4 is 33.6 Å². The second-order valence-electron chi connectivity index (χ2n) is 7.99. The zero-order valence-corrected chi connectivity index (χ0v) is 17.5. The van der Waals surface area contributed by atoms with Crippen molar-refractivity contribution in [3.05, 3.63) is 47.7 Å². The Bertz CT molecular complexity index is 1080. The number of hydrogen-bond acceptors (Lipinski definition) is 5. The molecule has 1 aliphatic heterocycles. The molecule has 1 fully saturated rings. The number of carbonyl (C=O) groups excluding carboxylic acids is 2. The van der Waals surface area contributed by atoms with Gasteiger partial charge in [-0.2, -0.15) is 0 Å². The highest BCUT2D eigenvalue weighted by molar-refractivity contribution is 6.09. The minimum absolute atomic E-state index is 0.156. The number of nitrogens with zero attached hydrogens (tertiary/aromatic N) is 1. The molecule has 2 atom stereocenters. The van der Waals surface area contributed by atoms with E-state index in [1.54, 1.807) is 0 Å². The van der Waals surface area contributed by atoms with E-state index in [1.165, 1.54) is 0 Å². The van der Waals surface area contributed by atoms with Crippen molar-refractivity contribution in [2.45, 2.75) is 39.4 Å². The van der Waals surface area contributed by atoms with Crippen LogP contribution in [0.3, 0.4) is 0 Å². The van der Waals surface area contributed by atoms with Crippen LogP contribution in [0.5, 0.6) is 0 Å². The first-order valence-corrected chi connectivity index (χ1v) is 10.3. The van der Waals surface area contributed by atoms with Gasteiger partial charge in [-0.1, -0.05) is 36.4 Å². The van der Waals surface area contributed by atoms with Crippen molar-refractivity contribution < 1.29 is 18.7 Å². The first kappa shape index (κ1) is 20.4. The molecule has 1 aromatic heterocycles. The number of benzene rings is 2. The van der Waals surface area contributed by atoms with E-state index >= 15 is 0 Å². The summed E-state index contributed by atoms with van der Waals surface area (Å²) in [5.74, 6) is -0.499. The lowest BCUT2D eigenvalue weighted by Gasteiger charge is -2.35. The van der Waals surface area contributed by atoms with Gasteiger partial charge in [0.1, 0.15) is 5.58 Å². The summed E-state index contributed by atoms with van der Waals surface area (Å²) in [7, 11) is 0. The minimum Gasteiger partial charge on any atom is -0.450 e. The van der Waals surface area contributed by atoms with Crippen LogP contribution in [0.15, 0.2) is 40.8 Å². The molecule has 1 saturated heterocycles. The largest absolute Gasteiger partial charge is 0.450 e. The lowest BCUT2D eigenvalue weighted by atomic mass is 10.1. The fourth-order valence-electron chi connectivity index (χ4n) is 4.14. The Morgan fingerprint density at radius 3 is 2.53 bits per heavy atom. The maximum Gasteiger partial charge on any atom is 0.305 e. The molecule has 4 rings (SSSR count). The van der Waals surface area contributed by atoms with Crippen LogP contribution >= 0.6 is 0 Å². The number of hydrazine groups is 1. The quantitative estimate of drug-likeness (QED) is 0.647. The Hall–Kier alpha value is -2.90. The Kier molecular flexibility index (Phi) is 5.74. The van der Waals surface area contributed by atoms with Gasteiger partial charge < -0.3 is 9.15 Å². The van der Waals surface area contributed by atoms with Gasteiger partial charge >= 0.3 is 5.91 Å². The second kappa shape index (κ2) is 8.45. The summed E-state index contributed by atoms with van der Waals surface area (Å²) in [5.41, 5.74) is 6.40. The topological polar surface area (TPSA) is 83.8 Å². The van der Waals surface area contributed by atoms with E-state index in [4.69, 9.17) is 9.15 Å². The third-order valence-electron chi connectivity index (χ3n) is 5.50. The molecular weight excluding hydrogens is 382 g/mol. The summed E-state index contributed by atoms with van der Waals surface area (Å²) in [4.78, 5) is 27.0. The predicted octanol–water partition coefficient (Wildman–Crippen LogP) is 3.15. The maximum absolute atomic E-state index is 12.6. The average molecular weight is 409 g/mol. The van der Waals surface area contributed by atoms with Crippen molar-refractivity contribution in [1.82, 2.24) is 15.8 Å². The highest BCUT2D eigenvalue weighted by atomic mass is 16.5. The number of morpholine rings is 1. The lowest BCUT2D eigenvalue weighted by Crippen LogP contribution is -2.47. The van der Waals surface area contributed by atoms with Crippen molar-refractivity contribution in [3.8, 4) is 0 Å². The number of furan rings is 1. The van der Waals surface area contributed by atoms with Gasteiger partial charge in [0.05, 0.1) is 12.2 Å². The molecule has 0 aliphatic carbocycles. The molecule has 3 aromatic rings. The van der Waals surface area contributed by atoms with E-state index in [9.17, 15) is 9.59 Å². The van der Waals surface area contributed by atoms with Gasteiger partial charge in [-0.25, -0.2) is 0 Å². The van der Waals surface area contributed by atoms with E-state index in [0.717, 1.165) is 34.8 Å². The molecule has 7 heteroatoms. The van der Waals surface area contributed by atoms with E-state index in [-0.39, 0.29) is 23.9 Å². The van der Waals surface area contributed by atoms with Gasteiger partial charge in [0.2, 0.25) is 5.91 Å². The third-order valence-corrected chi connectivity index (χ3v) is 5.50. The van der Waals surface area contributed by atoms with Crippen LogP contribution in [0, 0.1) is 6.92 Å². The number of ether oxygens (including phenoxy) is 1. The van der Waals surface area contributed by atoms with E-state index in [2.05, 4.69) is 15.8 Å². The molecule has 0 bridgehead atoms. The maximum atomic E-state index is 12.6. The summed E-state index contributed by atoms with van der Waals surface area (Å²) in [6.07, 6.45) is 0.607. The SMILES string of the molecule is Cc1c(C(=O)NNC(=O)CCN2C[C@@H](C)O[C@@H](C)C2)oc2c1ccc1ccccc12. The monoisotopic (exact) mass is 409 g/mol. The Balaban J connectivity index is 1.38. The van der Waals surface area contributed by atoms with Crippen molar-refractivity contribution in [3.63, 3.8) is 0 Å². The number of nitrogens with one attached hydrogen (secondary N) is 2. The van der Waals surface area contributed by atoms with Crippen LogP contribution in [0.4, 0.5) is 0 Å². The molecule has 30 heavy (non-hydrogen) atoms. The number of aryl methyl sites for hydroxylation is 1. The summed E-state index contributed by atoms with van der Waals surface area (Å²) < 4.78 is 11.6. The molecule has 7 nitrogen and oxygen atoms in total. The minimum atomic E-state index is -0.463. The van der Waals surface area contributed by atoms with Crippen molar-refractivity contribution in [1.29, 1.82) is 0 Å². The van der Waals surface area contributed by atoms with Gasteiger partial charge in [0.25, 0.3) is 0 Å². The molecule has 0 spiro atoms. The molecule has 0 radical (unpaired) electrons. The summed E-state index contributed by atoms with van der Waals surface area (Å²) in [5, 5.41) is 2.89. The van der Waals surface area contributed by atoms with Crippen LogP contribution in [0.2, 0.25) is 0 Å². The van der Waals surface area contributed by atoms with Gasteiger partial charge in [-0.15, -0.1) is 0 Å². The van der Waals surface area contributed by atoms with Crippen molar-refractivity contribution in [2.24, 2.45) is 0 Å². The fraction of sp³-hybridized carbons (Fsp3) is 0.391. The van der Waals surface area contributed by atoms with E-state index < -0.39 is 5.91 Å². The van der Waals surface area contributed by atoms with E-state index in [1.807, 2.05) is 57.2 Å². The van der Waals surface area contributed by atoms with Gasteiger partial charge in [0, 0.05) is 42.4 Å². The fourth-order valence-corrected chi connectivity index (χ4v) is 4.14. The van der Waals surface area contributed by atoms with Crippen molar-refractivity contribution in [2.75, 3.05) is 19.6 Å². The molecule has 158 valence electrons. The molecule has 0 unspecified atom stereocenters. The Labute approximate surface area is 175 Å². The van der Waals surface area contributed by atoms with Gasteiger partial charge in [-0.05, 0) is 26.2 Å². The first-order chi connectivity index (χ1) is 14.4. The molecule has 2 amide bonds. The zero-order chi connectivity index (χ0) is 21.3. The Morgan fingerprint density at radius 1 is 1.03 bits per heavy atom. The number of hydrogen-bond donors (Lipinski definition) is 2. The number of amides is 2. The number of rotatable bonds is 4. The Morgan fingerprint density at radius 2 is 1.77 bits per heavy atom. The average Bonchev–Trinajstić information content (AvgIpc) is 3.07. The summed E-state index contributed by atoms with van der Waals surface area (Å²) >= 11 is 0. The first-order valence-electron chi connectivity index (χ1n) is 10.3. The van der Waals surface area contributed by atoms with Crippen LogP contribution in [-0.2, 0) is 9.53 Å². The molecule has 0 saturated carbocycles. The van der Waals surface area contributed by atoms with E-state index in [0.29, 0.717) is 18.5 Å². The number of carbonyl (C=O) groups is 2. The normalized spacial score (nSPS) is 19.8. The van der Waals surface area contributed by atoms with Gasteiger partial charge in [0.15, 0.2) is 5.76 Å². The smallest absolute Gasteiger partial charge is 0.305 e. The third kappa shape index (κ3) is 4.17. The van der Waals surface area contributed by atoms with Crippen LogP contribution in [0.1, 0.15) is 36.4 Å². The molecule has 2 aromatic carbocycles. The van der Waals surface area contributed by atoms with Crippen LogP contribution in [0.25, 0.3) is 21.7 Å². The second-order valence-corrected chi connectivity index (χ2v) is 7.99.